The molecule has 162 valence electrons. The maximum Gasteiger partial charge on any atom is 0.248 e. The van der Waals surface area contributed by atoms with Gasteiger partial charge in [0, 0.05) is 48.4 Å². The molecule has 1 N–H and O–H groups in total. The quantitative estimate of drug-likeness (QED) is 0.704. The first-order chi connectivity index (χ1) is 15.0. The van der Waals surface area contributed by atoms with E-state index < -0.39 is 0 Å². The molecule has 0 amide bonds. The highest BCUT2D eigenvalue weighted by atomic mass is 16.5. The number of hydrogen-bond acceptors (Lipinski definition) is 6. The van der Waals surface area contributed by atoms with Crippen LogP contribution in [-0.4, -0.2) is 58.2 Å². The Labute approximate surface area is 182 Å². The Morgan fingerprint density at radius 2 is 2.03 bits per heavy atom. The van der Waals surface area contributed by atoms with Crippen LogP contribution in [0.1, 0.15) is 32.0 Å². The minimum atomic E-state index is -0.0948. The highest BCUT2D eigenvalue weighted by molar-refractivity contribution is 5.83. The van der Waals surface area contributed by atoms with Crippen LogP contribution in [0, 0.1) is 0 Å². The number of ether oxygens (including phenoxy) is 1. The summed E-state index contributed by atoms with van der Waals surface area (Å²) in [6.07, 6.45) is 0.964. The molecule has 0 unspecified atom stereocenters. The van der Waals surface area contributed by atoms with Crippen LogP contribution in [0.3, 0.4) is 0 Å². The first kappa shape index (κ1) is 20.2. The number of aromatic nitrogens is 3. The molecule has 2 aliphatic rings. The Kier molecular flexibility index (Phi) is 5.24. The lowest BCUT2D eigenvalue weighted by Crippen LogP contribution is -2.45. The van der Waals surface area contributed by atoms with E-state index in [4.69, 9.17) is 14.7 Å². The molecule has 1 fully saturated rings. The fourth-order valence-corrected chi connectivity index (χ4v) is 4.57. The number of aromatic amines is 1. The highest BCUT2D eigenvalue weighted by Gasteiger charge is 2.29. The number of morpholine rings is 1. The fourth-order valence-electron chi connectivity index (χ4n) is 4.57. The third-order valence-corrected chi connectivity index (χ3v) is 6.42. The van der Waals surface area contributed by atoms with E-state index in [-0.39, 0.29) is 11.6 Å². The Morgan fingerprint density at radius 1 is 1.16 bits per heavy atom. The topological polar surface area (TPSA) is 74.4 Å². The summed E-state index contributed by atoms with van der Waals surface area (Å²) in [6.45, 7) is 10.8. The van der Waals surface area contributed by atoms with Gasteiger partial charge in [-0.15, -0.1) is 0 Å². The molecule has 0 spiro atoms. The smallest absolute Gasteiger partial charge is 0.248 e. The molecule has 0 aliphatic carbocycles. The number of pyridine rings is 1. The molecule has 7 heteroatoms. The number of H-pyrrole nitrogens is 1. The Bertz CT molecular complexity index is 1170. The predicted octanol–water partition coefficient (Wildman–Crippen LogP) is 2.98. The van der Waals surface area contributed by atoms with E-state index in [0.29, 0.717) is 6.04 Å². The maximum absolute atomic E-state index is 11.6. The molecule has 2 aromatic heterocycles. The minimum absolute atomic E-state index is 0.0948. The number of benzene rings is 1. The zero-order chi connectivity index (χ0) is 21.5. The number of nitrogens with one attached hydrogen (secondary N) is 1. The molecule has 0 saturated carbocycles. The van der Waals surface area contributed by atoms with Crippen molar-refractivity contribution in [2.75, 3.05) is 31.2 Å². The standard InChI is InChI=1S/C24H29N5O2/c1-15(2)28-9-8-19-21(13-28)26-23(27-24(19)29-10-11-31-14-16(29)3)18-4-6-20-17(12-18)5-7-22(30)25-20/h4-7,12,15-16H,8-11,13-14H2,1-3H3,(H,25,30)/t16-/m0/s1. The van der Waals surface area contributed by atoms with Crippen LogP contribution in [0.25, 0.3) is 22.3 Å². The molecule has 1 aromatic carbocycles. The number of hydrogen-bond donors (Lipinski definition) is 1. The van der Waals surface area contributed by atoms with E-state index in [1.54, 1.807) is 6.07 Å². The van der Waals surface area contributed by atoms with E-state index in [1.165, 1.54) is 5.56 Å². The third-order valence-electron chi connectivity index (χ3n) is 6.42. The summed E-state index contributed by atoms with van der Waals surface area (Å²) in [5.74, 6) is 1.80. The average Bonchev–Trinajstić information content (AvgIpc) is 2.78. The van der Waals surface area contributed by atoms with E-state index in [1.807, 2.05) is 18.2 Å². The van der Waals surface area contributed by atoms with Crippen molar-refractivity contribution in [3.63, 3.8) is 0 Å². The Hall–Kier alpha value is -2.77. The van der Waals surface area contributed by atoms with Gasteiger partial charge in [0.2, 0.25) is 5.56 Å². The maximum atomic E-state index is 11.6. The first-order valence-electron chi connectivity index (χ1n) is 11.1. The normalized spacial score (nSPS) is 19.7. The molecule has 5 rings (SSSR count). The zero-order valence-corrected chi connectivity index (χ0v) is 18.4. The van der Waals surface area contributed by atoms with Gasteiger partial charge in [0.25, 0.3) is 0 Å². The first-order valence-corrected chi connectivity index (χ1v) is 11.1. The van der Waals surface area contributed by atoms with Crippen molar-refractivity contribution in [1.29, 1.82) is 0 Å². The lowest BCUT2D eigenvalue weighted by atomic mass is 10.0. The molecule has 1 atom stereocenters. The lowest BCUT2D eigenvalue weighted by Gasteiger charge is -2.38. The number of nitrogens with zero attached hydrogens (tertiary/aromatic N) is 4. The van der Waals surface area contributed by atoms with Gasteiger partial charge in [-0.1, -0.05) is 0 Å². The van der Waals surface area contributed by atoms with E-state index in [2.05, 4.69) is 41.6 Å². The third kappa shape index (κ3) is 3.83. The molecule has 0 bridgehead atoms. The SMILES string of the molecule is CC(C)N1CCc2c(nc(-c3ccc4[nH]c(=O)ccc4c3)nc2N2CCOC[C@@H]2C)C1. The molecule has 2 aliphatic heterocycles. The van der Waals surface area contributed by atoms with E-state index >= 15 is 0 Å². The molecule has 3 aromatic rings. The summed E-state index contributed by atoms with van der Waals surface area (Å²) in [6, 6.07) is 10.2. The van der Waals surface area contributed by atoms with Crippen LogP contribution < -0.4 is 10.5 Å². The van der Waals surface area contributed by atoms with E-state index in [0.717, 1.165) is 73.1 Å². The number of anilines is 1. The van der Waals surface area contributed by atoms with Gasteiger partial charge in [0.15, 0.2) is 5.82 Å². The van der Waals surface area contributed by atoms with Gasteiger partial charge in [0.05, 0.1) is 24.9 Å². The van der Waals surface area contributed by atoms with Crippen LogP contribution in [0.15, 0.2) is 35.1 Å². The number of rotatable bonds is 3. The number of fused-ring (bicyclic) bond motifs is 2. The molecule has 1 saturated heterocycles. The van der Waals surface area contributed by atoms with Crippen molar-refractivity contribution in [2.45, 2.75) is 45.8 Å². The molecule has 31 heavy (non-hydrogen) atoms. The molecule has 0 radical (unpaired) electrons. The van der Waals surface area contributed by atoms with Crippen LogP contribution in [0.5, 0.6) is 0 Å². The van der Waals surface area contributed by atoms with Gasteiger partial charge in [-0.25, -0.2) is 9.97 Å². The summed E-state index contributed by atoms with van der Waals surface area (Å²) < 4.78 is 5.68. The van der Waals surface area contributed by atoms with Gasteiger partial charge in [-0.3, -0.25) is 9.69 Å². The monoisotopic (exact) mass is 419 g/mol. The summed E-state index contributed by atoms with van der Waals surface area (Å²) in [4.78, 5) is 29.5. The van der Waals surface area contributed by atoms with Crippen molar-refractivity contribution in [3.8, 4) is 11.4 Å². The Balaban J connectivity index is 1.63. The molecule has 4 heterocycles. The van der Waals surface area contributed by atoms with Crippen LogP contribution in [0.4, 0.5) is 5.82 Å². The highest BCUT2D eigenvalue weighted by Crippen LogP contribution is 2.32. The van der Waals surface area contributed by atoms with Gasteiger partial charge in [-0.2, -0.15) is 0 Å². The van der Waals surface area contributed by atoms with Crippen molar-refractivity contribution in [2.24, 2.45) is 0 Å². The van der Waals surface area contributed by atoms with Gasteiger partial charge >= 0.3 is 0 Å². The summed E-state index contributed by atoms with van der Waals surface area (Å²) >= 11 is 0. The molecule has 7 nitrogen and oxygen atoms in total. The predicted molar refractivity (Wildman–Crippen MR) is 122 cm³/mol. The second-order valence-electron chi connectivity index (χ2n) is 8.85. The second-order valence-corrected chi connectivity index (χ2v) is 8.85. The van der Waals surface area contributed by atoms with Crippen LogP contribution in [0.2, 0.25) is 0 Å². The van der Waals surface area contributed by atoms with Crippen molar-refractivity contribution < 1.29 is 4.74 Å². The van der Waals surface area contributed by atoms with Gasteiger partial charge in [0.1, 0.15) is 5.82 Å². The van der Waals surface area contributed by atoms with Gasteiger partial charge in [-0.05, 0) is 56.8 Å². The van der Waals surface area contributed by atoms with E-state index in [9.17, 15) is 4.79 Å². The Morgan fingerprint density at radius 3 is 2.84 bits per heavy atom. The largest absolute Gasteiger partial charge is 0.377 e. The molecular formula is C24H29N5O2. The summed E-state index contributed by atoms with van der Waals surface area (Å²) in [5, 5.41) is 0.975. The van der Waals surface area contributed by atoms with Crippen molar-refractivity contribution >= 4 is 16.7 Å². The molecular weight excluding hydrogens is 390 g/mol. The summed E-state index contributed by atoms with van der Waals surface area (Å²) in [5.41, 5.74) is 4.09. The van der Waals surface area contributed by atoms with Crippen molar-refractivity contribution in [1.82, 2.24) is 19.9 Å². The zero-order valence-electron chi connectivity index (χ0n) is 18.4. The fraction of sp³-hybridized carbons (Fsp3) is 0.458. The average molecular weight is 420 g/mol. The van der Waals surface area contributed by atoms with Crippen LogP contribution >= 0.6 is 0 Å². The lowest BCUT2D eigenvalue weighted by molar-refractivity contribution is 0.0983. The minimum Gasteiger partial charge on any atom is -0.377 e. The summed E-state index contributed by atoms with van der Waals surface area (Å²) in [7, 11) is 0. The van der Waals surface area contributed by atoms with Gasteiger partial charge < -0.3 is 14.6 Å². The van der Waals surface area contributed by atoms with Crippen molar-refractivity contribution in [3.05, 3.63) is 51.9 Å². The second kappa shape index (κ2) is 8.05. The van der Waals surface area contributed by atoms with Crippen LogP contribution in [-0.2, 0) is 17.7 Å².